The first kappa shape index (κ1) is 18.7. The first-order valence-corrected chi connectivity index (χ1v) is 11.9. The van der Waals surface area contributed by atoms with E-state index in [-0.39, 0.29) is 11.9 Å². The Morgan fingerprint density at radius 3 is 2.74 bits per heavy atom. The Morgan fingerprint density at radius 1 is 1.10 bits per heavy atom. The minimum atomic E-state index is -0.485. The van der Waals surface area contributed by atoms with Gasteiger partial charge in [-0.3, -0.25) is 0 Å². The Balaban J connectivity index is 1.66. The summed E-state index contributed by atoms with van der Waals surface area (Å²) in [7, 11) is 0. The van der Waals surface area contributed by atoms with Crippen LogP contribution >= 0.6 is 23.1 Å². The van der Waals surface area contributed by atoms with Crippen LogP contribution in [0.1, 0.15) is 28.1 Å². The van der Waals surface area contributed by atoms with Crippen LogP contribution in [-0.4, -0.2) is 21.0 Å². The molecule has 0 saturated heterocycles. The van der Waals surface area contributed by atoms with Gasteiger partial charge in [-0.1, -0.05) is 48.2 Å². The maximum Gasteiger partial charge on any atom is 0.227 e. The number of ether oxygens (including phenoxy) is 1. The Labute approximate surface area is 186 Å². The van der Waals surface area contributed by atoms with Crippen LogP contribution in [0.5, 0.6) is 5.75 Å². The van der Waals surface area contributed by atoms with E-state index in [1.54, 1.807) is 22.1 Å². The number of benzene rings is 2. The smallest absolute Gasteiger partial charge is 0.227 e. The van der Waals surface area contributed by atoms with E-state index in [0.717, 1.165) is 27.5 Å². The molecule has 2 atom stereocenters. The van der Waals surface area contributed by atoms with Crippen molar-refractivity contribution in [1.29, 1.82) is 0 Å². The van der Waals surface area contributed by atoms with Gasteiger partial charge in [-0.25, -0.2) is 9.07 Å². The van der Waals surface area contributed by atoms with E-state index in [4.69, 9.17) is 4.74 Å². The van der Waals surface area contributed by atoms with Crippen molar-refractivity contribution in [3.8, 4) is 5.75 Å². The molecule has 4 heterocycles. The maximum atomic E-state index is 15.1. The van der Waals surface area contributed by atoms with Crippen molar-refractivity contribution in [2.45, 2.75) is 17.3 Å². The average Bonchev–Trinajstić information content (AvgIpc) is 3.47. The monoisotopic (exact) mass is 448 g/mol. The summed E-state index contributed by atoms with van der Waals surface area (Å²) >= 11 is 3.08. The van der Waals surface area contributed by atoms with Crippen molar-refractivity contribution in [3.63, 3.8) is 0 Å². The van der Waals surface area contributed by atoms with Crippen molar-refractivity contribution < 1.29 is 9.13 Å². The fourth-order valence-corrected chi connectivity index (χ4v) is 5.34. The quantitative estimate of drug-likeness (QED) is 0.404. The van der Waals surface area contributed by atoms with Crippen LogP contribution in [0.25, 0.3) is 5.70 Å². The summed E-state index contributed by atoms with van der Waals surface area (Å²) in [6.07, 6.45) is 1.57. The molecule has 2 aliphatic heterocycles. The number of hydrogen-bond acceptors (Lipinski definition) is 6. The van der Waals surface area contributed by atoms with Gasteiger partial charge in [0.2, 0.25) is 11.1 Å². The average molecular weight is 449 g/mol. The summed E-state index contributed by atoms with van der Waals surface area (Å²) in [6.45, 7) is 0. The zero-order valence-corrected chi connectivity index (χ0v) is 18.1. The van der Waals surface area contributed by atoms with Gasteiger partial charge in [0, 0.05) is 21.6 Å². The molecule has 2 aliphatic rings. The third kappa shape index (κ3) is 2.90. The third-order valence-corrected chi connectivity index (χ3v) is 7.00. The van der Waals surface area contributed by atoms with Crippen molar-refractivity contribution >= 4 is 34.7 Å². The van der Waals surface area contributed by atoms with Gasteiger partial charge in [0.1, 0.15) is 17.6 Å². The third-order valence-electron chi connectivity index (χ3n) is 5.54. The molecule has 2 aromatic carbocycles. The predicted octanol–water partition coefficient (Wildman–Crippen LogP) is 5.76. The van der Waals surface area contributed by atoms with E-state index in [1.165, 1.54) is 17.8 Å². The van der Waals surface area contributed by atoms with E-state index in [0.29, 0.717) is 16.7 Å². The lowest BCUT2D eigenvalue weighted by atomic mass is 9.86. The second-order valence-corrected chi connectivity index (χ2v) is 9.01. The maximum absolute atomic E-state index is 15.1. The summed E-state index contributed by atoms with van der Waals surface area (Å²) in [4.78, 5) is 5.69. The summed E-state index contributed by atoms with van der Waals surface area (Å²) in [6, 6.07) is 18.3. The number of nitrogens with one attached hydrogen (secondary N) is 1. The topological polar surface area (TPSA) is 52.0 Å². The number of thiophene rings is 1. The van der Waals surface area contributed by atoms with Crippen LogP contribution < -0.4 is 10.1 Å². The number of thioether (sulfide) groups is 1. The van der Waals surface area contributed by atoms with Gasteiger partial charge in [0.25, 0.3) is 0 Å². The lowest BCUT2D eigenvalue weighted by Crippen LogP contribution is -2.32. The number of halogens is 1. The molecule has 0 amide bonds. The molecule has 2 aromatic heterocycles. The lowest BCUT2D eigenvalue weighted by Gasteiger charge is -2.38. The fraction of sp³-hybridized carbons (Fsp3) is 0.130. The second-order valence-electron chi connectivity index (χ2n) is 7.26. The highest BCUT2D eigenvalue weighted by molar-refractivity contribution is 7.98. The van der Waals surface area contributed by atoms with Gasteiger partial charge in [0.15, 0.2) is 6.10 Å². The van der Waals surface area contributed by atoms with Crippen molar-refractivity contribution in [1.82, 2.24) is 14.8 Å². The lowest BCUT2D eigenvalue weighted by molar-refractivity contribution is 0.226. The molecule has 0 saturated carbocycles. The summed E-state index contributed by atoms with van der Waals surface area (Å²) in [5.74, 6) is 1.10. The predicted molar refractivity (Wildman–Crippen MR) is 121 cm³/mol. The largest absolute Gasteiger partial charge is 0.480 e. The van der Waals surface area contributed by atoms with Gasteiger partial charge in [-0.15, -0.1) is 16.4 Å². The van der Waals surface area contributed by atoms with Crippen LogP contribution in [0.4, 0.5) is 10.3 Å². The van der Waals surface area contributed by atoms with Gasteiger partial charge >= 0.3 is 0 Å². The molecule has 4 aromatic rings. The SMILES string of the molecule is CSc1nc2n(n1)[C@H](c1ccccc1F)C1=C(N2)c2ccccc2O[C@H]1c1cccs1. The number of rotatable bonds is 3. The zero-order valence-electron chi connectivity index (χ0n) is 16.4. The molecule has 154 valence electrons. The molecule has 6 rings (SSSR count). The standard InChI is InChI=1S/C23H17FN4OS2/c1-30-23-26-22-25-19-14-8-3-5-10-16(14)29-21(17-11-6-12-31-17)18(19)20(28(22)27-23)13-7-2-4-9-15(13)24/h2-12,20-21H,1H3,(H,25,26,27)/t20-,21+/m1/s1. The van der Waals surface area contributed by atoms with Gasteiger partial charge in [0.05, 0.1) is 5.70 Å². The molecule has 8 heteroatoms. The molecule has 0 aliphatic carbocycles. The Kier molecular flexibility index (Phi) is 4.36. The van der Waals surface area contributed by atoms with Crippen LogP contribution in [-0.2, 0) is 0 Å². The van der Waals surface area contributed by atoms with Crippen LogP contribution in [0.2, 0.25) is 0 Å². The number of hydrogen-bond donors (Lipinski definition) is 1. The molecule has 0 spiro atoms. The Hall–Kier alpha value is -3.10. The highest BCUT2D eigenvalue weighted by Gasteiger charge is 2.42. The number of para-hydroxylation sites is 1. The van der Waals surface area contributed by atoms with Gasteiger partial charge in [-0.05, 0) is 35.9 Å². The molecule has 5 nitrogen and oxygen atoms in total. The summed E-state index contributed by atoms with van der Waals surface area (Å²) < 4.78 is 23.4. The molecular weight excluding hydrogens is 431 g/mol. The second kappa shape index (κ2) is 7.25. The van der Waals surface area contributed by atoms with Crippen molar-refractivity contribution in [2.75, 3.05) is 11.6 Å². The Morgan fingerprint density at radius 2 is 1.94 bits per heavy atom. The first-order chi connectivity index (χ1) is 15.2. The molecule has 0 radical (unpaired) electrons. The van der Waals surface area contributed by atoms with Gasteiger partial charge in [-0.2, -0.15) is 4.98 Å². The number of nitrogens with zero attached hydrogens (tertiary/aromatic N) is 3. The van der Waals surface area contributed by atoms with Crippen LogP contribution in [0.15, 0.2) is 76.8 Å². The number of fused-ring (bicyclic) bond motifs is 3. The molecular formula is C23H17FN4OS2. The van der Waals surface area contributed by atoms with E-state index in [9.17, 15) is 0 Å². The zero-order chi connectivity index (χ0) is 20.9. The van der Waals surface area contributed by atoms with E-state index in [2.05, 4.69) is 21.5 Å². The first-order valence-electron chi connectivity index (χ1n) is 9.80. The van der Waals surface area contributed by atoms with E-state index >= 15 is 4.39 Å². The van der Waals surface area contributed by atoms with E-state index in [1.807, 2.05) is 54.1 Å². The van der Waals surface area contributed by atoms with E-state index < -0.39 is 6.04 Å². The molecule has 31 heavy (non-hydrogen) atoms. The molecule has 0 fully saturated rings. The minimum Gasteiger partial charge on any atom is -0.480 e. The Bertz CT molecular complexity index is 1310. The summed E-state index contributed by atoms with van der Waals surface area (Å²) in [5.41, 5.74) is 3.31. The molecule has 1 N–H and O–H groups in total. The van der Waals surface area contributed by atoms with Gasteiger partial charge < -0.3 is 10.1 Å². The van der Waals surface area contributed by atoms with Crippen molar-refractivity contribution in [3.05, 3.63) is 93.4 Å². The van der Waals surface area contributed by atoms with Crippen LogP contribution in [0, 0.1) is 5.82 Å². The number of aromatic nitrogens is 3. The minimum absolute atomic E-state index is 0.280. The molecule has 0 unspecified atom stereocenters. The molecule has 0 bridgehead atoms. The highest BCUT2D eigenvalue weighted by atomic mass is 32.2. The highest BCUT2D eigenvalue weighted by Crippen LogP contribution is 2.51. The van der Waals surface area contributed by atoms with Crippen LogP contribution in [0.3, 0.4) is 0 Å². The summed E-state index contributed by atoms with van der Waals surface area (Å²) in [5, 5.41) is 10.8. The number of anilines is 1. The normalized spacial score (nSPS) is 19.2. The fourth-order valence-electron chi connectivity index (χ4n) is 4.22. The van der Waals surface area contributed by atoms with Crippen molar-refractivity contribution in [2.24, 2.45) is 0 Å².